The van der Waals surface area contributed by atoms with Gasteiger partial charge in [-0.05, 0) is 0 Å². The third-order valence-corrected chi connectivity index (χ3v) is 5.00. The average Bonchev–Trinajstić information content (AvgIpc) is 2.96. The Morgan fingerprint density at radius 3 is 2.87 bits per heavy atom. The summed E-state index contributed by atoms with van der Waals surface area (Å²) < 4.78 is 26.5. The summed E-state index contributed by atoms with van der Waals surface area (Å²) >= 11 is 13.1. The van der Waals surface area contributed by atoms with Gasteiger partial charge < -0.3 is 15.2 Å². The van der Waals surface area contributed by atoms with Crippen molar-refractivity contribution in [2.45, 2.75) is 12.5 Å². The van der Waals surface area contributed by atoms with E-state index in [0.29, 0.717) is 11.4 Å². The molecule has 2 aromatic heterocycles. The van der Waals surface area contributed by atoms with Crippen LogP contribution in [0.1, 0.15) is 0 Å². The van der Waals surface area contributed by atoms with Gasteiger partial charge in [0.05, 0.1) is 5.51 Å². The maximum atomic E-state index is 13.3. The van der Waals surface area contributed by atoms with E-state index in [4.69, 9.17) is 23.2 Å². The molecule has 3 heterocycles. The van der Waals surface area contributed by atoms with Gasteiger partial charge in [0.1, 0.15) is 15.9 Å². The van der Waals surface area contributed by atoms with E-state index in [1.165, 1.54) is 21.7 Å². The third kappa shape index (κ3) is 3.18. The molecule has 1 aliphatic heterocycles. The average molecular weight is 382 g/mol. The first-order chi connectivity index (χ1) is 11.0. The molecule has 6 nitrogen and oxygen atoms in total. The lowest BCUT2D eigenvalue weighted by atomic mass is 10.2. The largest absolute Gasteiger partial charge is 0.344 e. The van der Waals surface area contributed by atoms with Crippen LogP contribution < -0.4 is 15.8 Å². The van der Waals surface area contributed by atoms with Crippen LogP contribution >= 0.6 is 34.5 Å². The molecule has 1 saturated heterocycles. The molecule has 124 valence electrons. The Labute approximate surface area is 143 Å². The van der Waals surface area contributed by atoms with E-state index >= 15 is 0 Å². The number of anilines is 1. The van der Waals surface area contributed by atoms with Crippen LogP contribution in [-0.4, -0.2) is 47.1 Å². The summed E-state index contributed by atoms with van der Waals surface area (Å²) in [5.74, 6) is 0.190. The van der Waals surface area contributed by atoms with E-state index in [1.807, 2.05) is 0 Å². The van der Waals surface area contributed by atoms with Crippen molar-refractivity contribution in [3.05, 3.63) is 26.0 Å². The topological polar surface area (TPSA) is 73.9 Å². The maximum Gasteiger partial charge on any atom is 0.272 e. The second-order valence-corrected chi connectivity index (χ2v) is 6.41. The van der Waals surface area contributed by atoms with E-state index in [9.17, 15) is 13.6 Å². The lowest BCUT2D eigenvalue weighted by Crippen LogP contribution is -2.55. The number of piperazine rings is 1. The minimum absolute atomic E-state index is 0.0293. The fourth-order valence-corrected chi connectivity index (χ4v) is 3.49. The highest BCUT2D eigenvalue weighted by Gasteiger charge is 2.33. The van der Waals surface area contributed by atoms with E-state index in [-0.39, 0.29) is 34.9 Å². The molecule has 3 rings (SSSR count). The normalized spacial score (nSPS) is 18.7. The highest BCUT2D eigenvalue weighted by Crippen LogP contribution is 2.31. The zero-order valence-corrected chi connectivity index (χ0v) is 13.9. The minimum Gasteiger partial charge on any atom is -0.344 e. The molecule has 2 aromatic rings. The van der Waals surface area contributed by atoms with E-state index < -0.39 is 18.0 Å². The van der Waals surface area contributed by atoms with Gasteiger partial charge >= 0.3 is 0 Å². The van der Waals surface area contributed by atoms with Gasteiger partial charge in [-0.15, -0.1) is 11.3 Å². The quantitative estimate of drug-likeness (QED) is 0.852. The summed E-state index contributed by atoms with van der Waals surface area (Å²) in [6, 6.07) is -1.11. The van der Waals surface area contributed by atoms with Crippen LogP contribution in [0.2, 0.25) is 10.2 Å². The van der Waals surface area contributed by atoms with Crippen LogP contribution in [-0.2, 0) is 0 Å². The summed E-state index contributed by atoms with van der Waals surface area (Å²) in [5.41, 5.74) is 0.890. The Morgan fingerprint density at radius 2 is 2.22 bits per heavy atom. The standard InChI is InChI=1S/C12H11Cl2F2N5OS/c13-6-11(21-2-1-17-3-5(21)9(15)16)19-10(20-12(6)22)7-8(14)18-4-23-7/h4-5,9,17H,1-3H2,(H,19,20,22)/t5-/m0/s1. The zero-order chi connectivity index (χ0) is 16.6. The molecule has 0 unspecified atom stereocenters. The number of rotatable bonds is 3. The van der Waals surface area contributed by atoms with E-state index in [1.54, 1.807) is 0 Å². The molecule has 1 aliphatic rings. The van der Waals surface area contributed by atoms with Crippen LogP contribution in [0, 0.1) is 0 Å². The molecule has 2 N–H and O–H groups in total. The van der Waals surface area contributed by atoms with E-state index in [2.05, 4.69) is 20.3 Å². The number of H-pyrrole nitrogens is 1. The summed E-state index contributed by atoms with van der Waals surface area (Å²) in [6.07, 6.45) is -2.60. The predicted octanol–water partition coefficient (Wildman–Crippen LogP) is 2.24. The first-order valence-corrected chi connectivity index (χ1v) is 8.27. The van der Waals surface area contributed by atoms with Crippen molar-refractivity contribution < 1.29 is 8.78 Å². The third-order valence-electron chi connectivity index (χ3n) is 3.43. The first-order valence-electron chi connectivity index (χ1n) is 6.63. The summed E-state index contributed by atoms with van der Waals surface area (Å²) in [4.78, 5) is 24.5. The lowest BCUT2D eigenvalue weighted by Gasteiger charge is -2.36. The molecule has 0 radical (unpaired) electrons. The monoisotopic (exact) mass is 381 g/mol. The molecule has 1 fully saturated rings. The fourth-order valence-electron chi connectivity index (χ4n) is 2.34. The number of alkyl halides is 2. The van der Waals surface area contributed by atoms with Crippen molar-refractivity contribution in [3.8, 4) is 10.7 Å². The van der Waals surface area contributed by atoms with E-state index in [0.717, 1.165) is 0 Å². The van der Waals surface area contributed by atoms with Gasteiger partial charge in [0, 0.05) is 19.6 Å². The van der Waals surface area contributed by atoms with Gasteiger partial charge in [-0.1, -0.05) is 23.2 Å². The molecule has 0 aliphatic carbocycles. The molecule has 0 spiro atoms. The maximum absolute atomic E-state index is 13.3. The number of aromatic nitrogens is 3. The minimum atomic E-state index is -2.60. The number of hydrogen-bond acceptors (Lipinski definition) is 6. The smallest absolute Gasteiger partial charge is 0.272 e. The van der Waals surface area contributed by atoms with Crippen LogP contribution in [0.25, 0.3) is 10.7 Å². The molecule has 1 atom stereocenters. The highest BCUT2D eigenvalue weighted by molar-refractivity contribution is 7.13. The fraction of sp³-hybridized carbons (Fsp3) is 0.417. The summed E-state index contributed by atoms with van der Waals surface area (Å²) in [6.45, 7) is 0.838. The Bertz CT molecular complexity index is 768. The Morgan fingerprint density at radius 1 is 1.43 bits per heavy atom. The van der Waals surface area contributed by atoms with Gasteiger partial charge in [-0.3, -0.25) is 4.79 Å². The van der Waals surface area contributed by atoms with Gasteiger partial charge in [0.25, 0.3) is 12.0 Å². The Kier molecular flexibility index (Phi) is 4.81. The second kappa shape index (κ2) is 6.68. The number of thiazole rings is 1. The van der Waals surface area contributed by atoms with Crippen molar-refractivity contribution in [1.82, 2.24) is 20.3 Å². The summed E-state index contributed by atoms with van der Waals surface area (Å²) in [7, 11) is 0. The number of nitrogens with one attached hydrogen (secondary N) is 2. The number of nitrogens with zero attached hydrogens (tertiary/aromatic N) is 3. The SMILES string of the molecule is O=c1[nH]c(-c2scnc2Cl)nc(N2CCNC[C@H]2C(F)F)c1Cl. The molecular formula is C12H11Cl2F2N5OS. The van der Waals surface area contributed by atoms with Crippen molar-refractivity contribution in [1.29, 1.82) is 0 Å². The molecule has 0 bridgehead atoms. The molecule has 0 amide bonds. The Balaban J connectivity index is 2.09. The molecule has 0 saturated carbocycles. The number of aromatic amines is 1. The zero-order valence-electron chi connectivity index (χ0n) is 11.5. The van der Waals surface area contributed by atoms with Gasteiger partial charge in [0.15, 0.2) is 16.8 Å². The lowest BCUT2D eigenvalue weighted by molar-refractivity contribution is 0.105. The van der Waals surface area contributed by atoms with Crippen molar-refractivity contribution in [3.63, 3.8) is 0 Å². The molecule has 0 aromatic carbocycles. The predicted molar refractivity (Wildman–Crippen MR) is 86.0 cm³/mol. The Hall–Kier alpha value is -1.29. The van der Waals surface area contributed by atoms with Gasteiger partial charge in [0.2, 0.25) is 0 Å². The van der Waals surface area contributed by atoms with Crippen molar-refractivity contribution in [2.75, 3.05) is 24.5 Å². The molecular weight excluding hydrogens is 371 g/mol. The van der Waals surface area contributed by atoms with Crippen LogP contribution in [0.3, 0.4) is 0 Å². The van der Waals surface area contributed by atoms with Gasteiger partial charge in [-0.2, -0.15) is 0 Å². The summed E-state index contributed by atoms with van der Waals surface area (Å²) in [5, 5.41) is 2.85. The van der Waals surface area contributed by atoms with Crippen LogP contribution in [0.15, 0.2) is 10.3 Å². The van der Waals surface area contributed by atoms with Crippen LogP contribution in [0.5, 0.6) is 0 Å². The van der Waals surface area contributed by atoms with Crippen molar-refractivity contribution >= 4 is 40.4 Å². The number of halogens is 4. The molecule has 11 heteroatoms. The molecule has 23 heavy (non-hydrogen) atoms. The van der Waals surface area contributed by atoms with Crippen molar-refractivity contribution in [2.24, 2.45) is 0 Å². The van der Waals surface area contributed by atoms with Gasteiger partial charge in [-0.25, -0.2) is 18.7 Å². The number of hydrogen-bond donors (Lipinski definition) is 2. The highest BCUT2D eigenvalue weighted by atomic mass is 35.5. The second-order valence-electron chi connectivity index (χ2n) is 4.82. The van der Waals surface area contributed by atoms with Crippen LogP contribution in [0.4, 0.5) is 14.6 Å². The first kappa shape index (κ1) is 16.6.